The molecule has 118 valence electrons. The van der Waals surface area contributed by atoms with Gasteiger partial charge in [0.05, 0.1) is 5.71 Å². The fourth-order valence-electron chi connectivity index (χ4n) is 2.30. The van der Waals surface area contributed by atoms with Gasteiger partial charge in [0.1, 0.15) is 0 Å². The molecule has 0 aliphatic heterocycles. The lowest BCUT2D eigenvalue weighted by Gasteiger charge is -2.05. The van der Waals surface area contributed by atoms with Crippen molar-refractivity contribution >= 4 is 11.6 Å². The van der Waals surface area contributed by atoms with Crippen LogP contribution in [0, 0.1) is 0 Å². The van der Waals surface area contributed by atoms with Crippen molar-refractivity contribution in [3.8, 4) is 11.1 Å². The lowest BCUT2D eigenvalue weighted by atomic mass is 10.0. The summed E-state index contributed by atoms with van der Waals surface area (Å²) < 4.78 is 0. The van der Waals surface area contributed by atoms with Crippen LogP contribution in [-0.2, 0) is 0 Å². The van der Waals surface area contributed by atoms with E-state index in [9.17, 15) is 4.79 Å². The van der Waals surface area contributed by atoms with E-state index in [0.29, 0.717) is 5.56 Å². The van der Waals surface area contributed by atoms with Gasteiger partial charge in [0.2, 0.25) is 0 Å². The first-order chi connectivity index (χ1) is 11.7. The second kappa shape index (κ2) is 7.33. The van der Waals surface area contributed by atoms with Crippen molar-refractivity contribution in [3.63, 3.8) is 0 Å². The number of hydrogen-bond donors (Lipinski definition) is 1. The number of carbonyl (C=O) groups excluding carboxylic acids is 1. The molecule has 2 aromatic carbocycles. The third kappa shape index (κ3) is 3.73. The Morgan fingerprint density at radius 3 is 2.12 bits per heavy atom. The highest BCUT2D eigenvalue weighted by atomic mass is 16.2. The molecule has 3 rings (SSSR count). The number of pyridine rings is 1. The molecule has 0 saturated carbocycles. The van der Waals surface area contributed by atoms with Crippen molar-refractivity contribution in [2.45, 2.75) is 6.92 Å². The van der Waals surface area contributed by atoms with Gasteiger partial charge in [-0.3, -0.25) is 9.78 Å². The third-order valence-corrected chi connectivity index (χ3v) is 3.68. The first-order valence-electron chi connectivity index (χ1n) is 7.64. The smallest absolute Gasteiger partial charge is 0.267 e. The normalized spacial score (nSPS) is 11.1. The Labute approximate surface area is 140 Å². The highest BCUT2D eigenvalue weighted by molar-refractivity contribution is 6.01. The van der Waals surface area contributed by atoms with Crippen molar-refractivity contribution in [2.24, 2.45) is 5.10 Å². The SMILES string of the molecule is C/C(=N\NC(=O)c1ccncc1)c1ccc(-c2ccccc2)cc1. The van der Waals surface area contributed by atoms with Gasteiger partial charge in [-0.05, 0) is 35.7 Å². The van der Waals surface area contributed by atoms with E-state index in [1.807, 2.05) is 49.4 Å². The average molecular weight is 315 g/mol. The molecule has 4 nitrogen and oxygen atoms in total. The molecule has 4 heteroatoms. The van der Waals surface area contributed by atoms with Crippen LogP contribution in [0.1, 0.15) is 22.8 Å². The second-order valence-corrected chi connectivity index (χ2v) is 5.32. The Hall–Kier alpha value is -3.27. The average Bonchev–Trinajstić information content (AvgIpc) is 2.67. The quantitative estimate of drug-likeness (QED) is 0.586. The van der Waals surface area contributed by atoms with E-state index < -0.39 is 0 Å². The number of nitrogens with one attached hydrogen (secondary N) is 1. The first-order valence-corrected chi connectivity index (χ1v) is 7.64. The topological polar surface area (TPSA) is 54.4 Å². The molecule has 0 unspecified atom stereocenters. The second-order valence-electron chi connectivity index (χ2n) is 5.32. The molecule has 0 bridgehead atoms. The minimum absolute atomic E-state index is 0.252. The Morgan fingerprint density at radius 1 is 0.833 bits per heavy atom. The standard InChI is InChI=1S/C20H17N3O/c1-15(22-23-20(24)19-11-13-21-14-12-19)16-7-9-18(10-8-16)17-5-3-2-4-6-17/h2-14H,1H3,(H,23,24)/b22-15+. The zero-order valence-corrected chi connectivity index (χ0v) is 13.3. The molecule has 1 N–H and O–H groups in total. The van der Waals surface area contributed by atoms with Crippen molar-refractivity contribution in [3.05, 3.63) is 90.3 Å². The van der Waals surface area contributed by atoms with Gasteiger partial charge >= 0.3 is 0 Å². The number of carbonyl (C=O) groups is 1. The molecular formula is C20H17N3O. The van der Waals surface area contributed by atoms with E-state index in [4.69, 9.17) is 0 Å². The van der Waals surface area contributed by atoms with Gasteiger partial charge in [0, 0.05) is 18.0 Å². The first kappa shape index (κ1) is 15.6. The maximum atomic E-state index is 12.0. The van der Waals surface area contributed by atoms with E-state index in [2.05, 4.69) is 27.6 Å². The molecule has 0 atom stereocenters. The Bertz CT molecular complexity index is 841. The maximum Gasteiger partial charge on any atom is 0.271 e. The van der Waals surface area contributed by atoms with Crippen LogP contribution in [0.5, 0.6) is 0 Å². The summed E-state index contributed by atoms with van der Waals surface area (Å²) in [6.45, 7) is 1.87. The molecule has 0 aliphatic carbocycles. The van der Waals surface area contributed by atoms with Gasteiger partial charge in [-0.25, -0.2) is 5.43 Å². The van der Waals surface area contributed by atoms with E-state index in [1.165, 1.54) is 5.56 Å². The summed E-state index contributed by atoms with van der Waals surface area (Å²) in [5.74, 6) is -0.252. The monoisotopic (exact) mass is 315 g/mol. The van der Waals surface area contributed by atoms with E-state index in [0.717, 1.165) is 16.8 Å². The van der Waals surface area contributed by atoms with Crippen LogP contribution in [0.2, 0.25) is 0 Å². The molecule has 1 aromatic heterocycles. The van der Waals surface area contributed by atoms with Gasteiger partial charge in [-0.15, -0.1) is 0 Å². The third-order valence-electron chi connectivity index (χ3n) is 3.68. The van der Waals surface area contributed by atoms with Crippen molar-refractivity contribution in [1.29, 1.82) is 0 Å². The number of hydrogen-bond acceptors (Lipinski definition) is 3. The van der Waals surface area contributed by atoms with Gasteiger partial charge < -0.3 is 0 Å². The number of amides is 1. The lowest BCUT2D eigenvalue weighted by molar-refractivity contribution is 0.0954. The van der Waals surface area contributed by atoms with Gasteiger partial charge in [0.15, 0.2) is 0 Å². The summed E-state index contributed by atoms with van der Waals surface area (Å²) in [6, 6.07) is 21.6. The van der Waals surface area contributed by atoms with Crippen molar-refractivity contribution < 1.29 is 4.79 Å². The van der Waals surface area contributed by atoms with Gasteiger partial charge in [0.25, 0.3) is 5.91 Å². The lowest BCUT2D eigenvalue weighted by Crippen LogP contribution is -2.19. The largest absolute Gasteiger partial charge is 0.271 e. The number of nitrogens with zero attached hydrogens (tertiary/aromatic N) is 2. The minimum Gasteiger partial charge on any atom is -0.267 e. The Morgan fingerprint density at radius 2 is 1.46 bits per heavy atom. The van der Waals surface area contributed by atoms with Crippen LogP contribution in [0.25, 0.3) is 11.1 Å². The number of benzene rings is 2. The molecule has 3 aromatic rings. The molecular weight excluding hydrogens is 298 g/mol. The molecule has 0 radical (unpaired) electrons. The van der Waals surface area contributed by atoms with E-state index >= 15 is 0 Å². The minimum atomic E-state index is -0.252. The van der Waals surface area contributed by atoms with Crippen LogP contribution in [0.3, 0.4) is 0 Å². The highest BCUT2D eigenvalue weighted by Gasteiger charge is 2.04. The van der Waals surface area contributed by atoms with Crippen LogP contribution < -0.4 is 5.43 Å². The molecule has 24 heavy (non-hydrogen) atoms. The fourth-order valence-corrected chi connectivity index (χ4v) is 2.30. The predicted octanol–water partition coefficient (Wildman–Crippen LogP) is 3.90. The zero-order chi connectivity index (χ0) is 16.8. The molecule has 0 aliphatic rings. The zero-order valence-electron chi connectivity index (χ0n) is 13.3. The number of hydrazone groups is 1. The Kier molecular flexibility index (Phi) is 4.77. The number of rotatable bonds is 4. The van der Waals surface area contributed by atoms with Crippen molar-refractivity contribution in [1.82, 2.24) is 10.4 Å². The van der Waals surface area contributed by atoms with Gasteiger partial charge in [-0.1, -0.05) is 54.6 Å². The van der Waals surface area contributed by atoms with Crippen LogP contribution in [-0.4, -0.2) is 16.6 Å². The van der Waals surface area contributed by atoms with Crippen molar-refractivity contribution in [2.75, 3.05) is 0 Å². The van der Waals surface area contributed by atoms with Crippen LogP contribution in [0.15, 0.2) is 84.2 Å². The summed E-state index contributed by atoms with van der Waals surface area (Å²) in [4.78, 5) is 15.9. The fraction of sp³-hybridized carbons (Fsp3) is 0.0500. The van der Waals surface area contributed by atoms with Crippen LogP contribution >= 0.6 is 0 Å². The molecule has 0 fully saturated rings. The summed E-state index contributed by atoms with van der Waals surface area (Å²) >= 11 is 0. The van der Waals surface area contributed by atoms with Crippen LogP contribution in [0.4, 0.5) is 0 Å². The number of aromatic nitrogens is 1. The predicted molar refractivity (Wildman–Crippen MR) is 95.8 cm³/mol. The maximum absolute atomic E-state index is 12.0. The summed E-state index contributed by atoms with van der Waals surface area (Å²) in [5, 5.41) is 4.17. The summed E-state index contributed by atoms with van der Waals surface area (Å²) in [7, 11) is 0. The van der Waals surface area contributed by atoms with E-state index in [-0.39, 0.29) is 5.91 Å². The summed E-state index contributed by atoms with van der Waals surface area (Å²) in [5.41, 5.74) is 7.12. The molecule has 0 spiro atoms. The molecule has 1 amide bonds. The summed E-state index contributed by atoms with van der Waals surface area (Å²) in [6.07, 6.45) is 3.15. The van der Waals surface area contributed by atoms with E-state index in [1.54, 1.807) is 24.5 Å². The molecule has 0 saturated heterocycles. The Balaban J connectivity index is 1.71. The van der Waals surface area contributed by atoms with Gasteiger partial charge in [-0.2, -0.15) is 5.10 Å². The molecule has 1 heterocycles. The highest BCUT2D eigenvalue weighted by Crippen LogP contribution is 2.19.